The zero-order valence-corrected chi connectivity index (χ0v) is 16.1. The highest BCUT2D eigenvalue weighted by Crippen LogP contribution is 2.11. The normalized spacial score (nSPS) is 11.5. The van der Waals surface area contributed by atoms with Crippen LogP contribution < -0.4 is 10.6 Å². The van der Waals surface area contributed by atoms with Crippen LogP contribution in [0.1, 0.15) is 18.1 Å². The number of benzene rings is 2. The predicted molar refractivity (Wildman–Crippen MR) is 107 cm³/mol. The van der Waals surface area contributed by atoms with Crippen LogP contribution >= 0.6 is 0 Å². The minimum absolute atomic E-state index is 0.0560. The van der Waals surface area contributed by atoms with E-state index in [0.29, 0.717) is 13.2 Å². The van der Waals surface area contributed by atoms with Gasteiger partial charge in [-0.3, -0.25) is 4.79 Å². The van der Waals surface area contributed by atoms with Crippen LogP contribution in [0.15, 0.2) is 54.6 Å². The van der Waals surface area contributed by atoms with Crippen LogP contribution in [0.5, 0.6) is 0 Å². The van der Waals surface area contributed by atoms with Crippen molar-refractivity contribution in [3.05, 3.63) is 65.7 Å². The van der Waals surface area contributed by atoms with Gasteiger partial charge in [0.2, 0.25) is 5.91 Å². The van der Waals surface area contributed by atoms with E-state index in [1.54, 1.807) is 19.1 Å². The maximum absolute atomic E-state index is 12.5. The van der Waals surface area contributed by atoms with Gasteiger partial charge in [0, 0.05) is 33.3 Å². The van der Waals surface area contributed by atoms with Crippen LogP contribution in [0.3, 0.4) is 0 Å². The summed E-state index contributed by atoms with van der Waals surface area (Å²) in [6, 6.07) is 17.2. The number of carbonyl (C=O) groups is 2. The maximum Gasteiger partial charge on any atom is 0.317 e. The molecule has 0 radical (unpaired) electrons. The summed E-state index contributed by atoms with van der Waals surface area (Å²) in [6.45, 7) is 2.34. The van der Waals surface area contributed by atoms with Gasteiger partial charge in [0.1, 0.15) is 0 Å². The molecule has 2 aromatic rings. The van der Waals surface area contributed by atoms with Crippen molar-refractivity contribution in [1.29, 1.82) is 0 Å². The van der Waals surface area contributed by atoms with Crippen LogP contribution in [0.4, 0.5) is 10.5 Å². The molecule has 2 N–H and O–H groups in total. The van der Waals surface area contributed by atoms with E-state index in [1.807, 2.05) is 54.6 Å². The van der Waals surface area contributed by atoms with Crippen molar-refractivity contribution in [2.75, 3.05) is 26.1 Å². The van der Waals surface area contributed by atoms with E-state index >= 15 is 0 Å². The highest BCUT2D eigenvalue weighted by Gasteiger charge is 2.20. The molecule has 0 fully saturated rings. The second kappa shape index (κ2) is 10.3. The third-order valence-electron chi connectivity index (χ3n) is 4.26. The van der Waals surface area contributed by atoms with Crippen molar-refractivity contribution in [2.45, 2.75) is 25.9 Å². The number of amides is 3. The van der Waals surface area contributed by atoms with E-state index in [4.69, 9.17) is 4.74 Å². The maximum atomic E-state index is 12.5. The molecule has 0 aliphatic rings. The zero-order valence-electron chi connectivity index (χ0n) is 16.1. The molecule has 0 spiro atoms. The molecular weight excluding hydrogens is 342 g/mol. The van der Waals surface area contributed by atoms with E-state index in [-0.39, 0.29) is 18.0 Å². The van der Waals surface area contributed by atoms with Crippen molar-refractivity contribution in [1.82, 2.24) is 10.2 Å². The Morgan fingerprint density at radius 3 is 2.30 bits per heavy atom. The third kappa shape index (κ3) is 6.75. The van der Waals surface area contributed by atoms with E-state index in [1.165, 1.54) is 6.92 Å². The largest absolute Gasteiger partial charge is 0.383 e. The summed E-state index contributed by atoms with van der Waals surface area (Å²) >= 11 is 0. The SMILES string of the molecule is COC[C@@H](Cc1ccccc1)N(C)C(=O)NCc1ccc(NC(C)=O)cc1. The first-order valence-corrected chi connectivity index (χ1v) is 8.89. The number of methoxy groups -OCH3 is 1. The van der Waals surface area contributed by atoms with Gasteiger partial charge in [0.05, 0.1) is 12.6 Å². The lowest BCUT2D eigenvalue weighted by Crippen LogP contribution is -2.46. The number of anilines is 1. The van der Waals surface area contributed by atoms with Crippen LogP contribution in [0, 0.1) is 0 Å². The Hall–Kier alpha value is -2.86. The Labute approximate surface area is 160 Å². The van der Waals surface area contributed by atoms with Crippen LogP contribution in [-0.2, 0) is 22.5 Å². The van der Waals surface area contributed by atoms with E-state index in [9.17, 15) is 9.59 Å². The van der Waals surface area contributed by atoms with Crippen molar-refractivity contribution < 1.29 is 14.3 Å². The molecule has 27 heavy (non-hydrogen) atoms. The number of hydrogen-bond donors (Lipinski definition) is 2. The molecule has 0 saturated carbocycles. The van der Waals surface area contributed by atoms with Crippen molar-refractivity contribution in [3.8, 4) is 0 Å². The topological polar surface area (TPSA) is 70.7 Å². The number of rotatable bonds is 8. The minimum atomic E-state index is -0.154. The quantitative estimate of drug-likeness (QED) is 0.751. The number of likely N-dealkylation sites (N-methyl/N-ethyl adjacent to an activating group) is 1. The molecule has 6 heteroatoms. The number of nitrogens with one attached hydrogen (secondary N) is 2. The number of nitrogens with zero attached hydrogens (tertiary/aromatic N) is 1. The van der Waals surface area contributed by atoms with Crippen molar-refractivity contribution in [3.63, 3.8) is 0 Å². The molecular formula is C21H27N3O3. The Morgan fingerprint density at radius 1 is 1.04 bits per heavy atom. The highest BCUT2D eigenvalue weighted by molar-refractivity contribution is 5.88. The van der Waals surface area contributed by atoms with Gasteiger partial charge in [-0.1, -0.05) is 42.5 Å². The molecule has 0 unspecified atom stereocenters. The average Bonchev–Trinajstić information content (AvgIpc) is 2.66. The summed E-state index contributed by atoms with van der Waals surface area (Å²) < 4.78 is 5.30. The molecule has 0 heterocycles. The van der Waals surface area contributed by atoms with Gasteiger partial charge < -0.3 is 20.3 Å². The van der Waals surface area contributed by atoms with Gasteiger partial charge in [-0.2, -0.15) is 0 Å². The molecule has 2 rings (SSSR count). The zero-order chi connectivity index (χ0) is 19.6. The molecule has 1 atom stereocenters. The molecule has 0 bridgehead atoms. The van der Waals surface area contributed by atoms with Crippen LogP contribution in [-0.4, -0.2) is 43.6 Å². The van der Waals surface area contributed by atoms with Gasteiger partial charge in [0.15, 0.2) is 0 Å². The fraction of sp³-hybridized carbons (Fsp3) is 0.333. The van der Waals surface area contributed by atoms with Gasteiger partial charge >= 0.3 is 6.03 Å². The molecule has 3 amide bonds. The summed E-state index contributed by atoms with van der Waals surface area (Å²) in [6.07, 6.45) is 0.726. The summed E-state index contributed by atoms with van der Waals surface area (Å²) in [5.74, 6) is -0.111. The van der Waals surface area contributed by atoms with Crippen LogP contribution in [0.2, 0.25) is 0 Å². The highest BCUT2D eigenvalue weighted by atomic mass is 16.5. The summed E-state index contributed by atoms with van der Waals surface area (Å²) in [7, 11) is 3.42. The molecule has 144 valence electrons. The Balaban J connectivity index is 1.91. The predicted octanol–water partition coefficient (Wildman–Crippen LogP) is 3.04. The Morgan fingerprint density at radius 2 is 1.70 bits per heavy atom. The average molecular weight is 369 g/mol. The fourth-order valence-electron chi connectivity index (χ4n) is 2.76. The molecule has 0 saturated heterocycles. The first-order chi connectivity index (χ1) is 13.0. The molecule has 0 aliphatic carbocycles. The lowest BCUT2D eigenvalue weighted by Gasteiger charge is -2.28. The van der Waals surface area contributed by atoms with E-state index in [0.717, 1.165) is 23.2 Å². The van der Waals surface area contributed by atoms with Gasteiger partial charge in [-0.25, -0.2) is 4.79 Å². The second-order valence-corrected chi connectivity index (χ2v) is 6.45. The summed E-state index contributed by atoms with van der Waals surface area (Å²) in [5.41, 5.74) is 2.85. The summed E-state index contributed by atoms with van der Waals surface area (Å²) in [5, 5.41) is 5.65. The smallest absolute Gasteiger partial charge is 0.317 e. The van der Waals surface area contributed by atoms with Crippen molar-refractivity contribution >= 4 is 17.6 Å². The lowest BCUT2D eigenvalue weighted by atomic mass is 10.1. The number of carbonyl (C=O) groups excluding carboxylic acids is 2. The first-order valence-electron chi connectivity index (χ1n) is 8.89. The lowest BCUT2D eigenvalue weighted by molar-refractivity contribution is -0.114. The standard InChI is InChI=1S/C21H27N3O3/c1-16(25)23-19-11-9-18(10-12-19)14-22-21(26)24(2)20(15-27-3)13-17-7-5-4-6-8-17/h4-12,20H,13-15H2,1-3H3,(H,22,26)(H,23,25)/t20-/m1/s1. The van der Waals surface area contributed by atoms with Gasteiger partial charge in [-0.15, -0.1) is 0 Å². The molecule has 6 nitrogen and oxygen atoms in total. The number of ether oxygens (including phenoxy) is 1. The van der Waals surface area contributed by atoms with Gasteiger partial charge in [-0.05, 0) is 29.7 Å². The summed E-state index contributed by atoms with van der Waals surface area (Å²) in [4.78, 5) is 25.3. The van der Waals surface area contributed by atoms with Crippen LogP contribution in [0.25, 0.3) is 0 Å². The molecule has 2 aromatic carbocycles. The monoisotopic (exact) mass is 369 g/mol. The van der Waals surface area contributed by atoms with Gasteiger partial charge in [0.25, 0.3) is 0 Å². The Kier molecular flexibility index (Phi) is 7.82. The number of urea groups is 1. The number of hydrogen-bond acceptors (Lipinski definition) is 3. The minimum Gasteiger partial charge on any atom is -0.383 e. The molecule has 0 aromatic heterocycles. The second-order valence-electron chi connectivity index (χ2n) is 6.45. The fourth-order valence-corrected chi connectivity index (χ4v) is 2.76. The first kappa shape index (κ1) is 20.5. The third-order valence-corrected chi connectivity index (χ3v) is 4.26. The van der Waals surface area contributed by atoms with E-state index in [2.05, 4.69) is 10.6 Å². The van der Waals surface area contributed by atoms with E-state index < -0.39 is 0 Å². The molecule has 0 aliphatic heterocycles. The van der Waals surface area contributed by atoms with Crippen molar-refractivity contribution in [2.24, 2.45) is 0 Å². The Bertz CT molecular complexity index is 732.